The summed E-state index contributed by atoms with van der Waals surface area (Å²) in [5.74, 6) is 0. The lowest BCUT2D eigenvalue weighted by atomic mass is 10.0. The molecule has 1 aliphatic rings. The molecule has 1 saturated heterocycles. The molecular formula is C14H16N4. The number of rotatable bonds is 2. The van der Waals surface area contributed by atoms with Gasteiger partial charge in [0.2, 0.25) is 0 Å². The quantitative estimate of drug-likeness (QED) is 0.807. The molecule has 0 unspecified atom stereocenters. The number of nitrogens with zero attached hydrogens (tertiary/aromatic N) is 4. The zero-order valence-electron chi connectivity index (χ0n) is 10.5. The first-order valence-corrected chi connectivity index (χ1v) is 6.28. The zero-order valence-corrected chi connectivity index (χ0v) is 10.5. The fraction of sp³-hybridized carbons (Fsp3) is 0.357. The summed E-state index contributed by atoms with van der Waals surface area (Å²) < 4.78 is 0. The van der Waals surface area contributed by atoms with Crippen LogP contribution in [0.15, 0.2) is 36.9 Å². The molecule has 0 N–H and O–H groups in total. The molecule has 4 heteroatoms. The van der Waals surface area contributed by atoms with Gasteiger partial charge >= 0.3 is 0 Å². The maximum Gasteiger partial charge on any atom is 0.0949 e. The Balaban J connectivity index is 2.05. The maximum absolute atomic E-state index is 4.56. The van der Waals surface area contributed by atoms with Gasteiger partial charge in [0.15, 0.2) is 0 Å². The number of hydrogen-bond acceptors (Lipinski definition) is 4. The van der Waals surface area contributed by atoms with Gasteiger partial charge in [-0.1, -0.05) is 0 Å². The van der Waals surface area contributed by atoms with Gasteiger partial charge in [0.1, 0.15) is 0 Å². The van der Waals surface area contributed by atoms with E-state index in [1.165, 1.54) is 6.42 Å². The van der Waals surface area contributed by atoms with E-state index in [0.717, 1.165) is 29.9 Å². The summed E-state index contributed by atoms with van der Waals surface area (Å²) in [5.41, 5.74) is 3.08. The molecule has 0 spiro atoms. The Labute approximate surface area is 107 Å². The van der Waals surface area contributed by atoms with Gasteiger partial charge in [-0.25, -0.2) is 0 Å². The molecule has 18 heavy (non-hydrogen) atoms. The van der Waals surface area contributed by atoms with E-state index in [9.17, 15) is 0 Å². The molecule has 1 aliphatic heterocycles. The van der Waals surface area contributed by atoms with Crippen molar-refractivity contribution in [3.05, 3.63) is 42.6 Å². The van der Waals surface area contributed by atoms with E-state index in [4.69, 9.17) is 0 Å². The van der Waals surface area contributed by atoms with Gasteiger partial charge in [0, 0.05) is 30.4 Å². The van der Waals surface area contributed by atoms with Crippen molar-refractivity contribution in [1.82, 2.24) is 19.9 Å². The van der Waals surface area contributed by atoms with Crippen molar-refractivity contribution < 1.29 is 0 Å². The van der Waals surface area contributed by atoms with Gasteiger partial charge in [-0.15, -0.1) is 0 Å². The third-order valence-corrected chi connectivity index (χ3v) is 3.50. The Hall–Kier alpha value is -1.81. The first-order valence-electron chi connectivity index (χ1n) is 6.28. The Kier molecular flexibility index (Phi) is 3.02. The van der Waals surface area contributed by atoms with E-state index in [1.54, 1.807) is 18.6 Å². The lowest BCUT2D eigenvalue weighted by molar-refractivity contribution is 0.312. The van der Waals surface area contributed by atoms with Gasteiger partial charge < -0.3 is 0 Å². The zero-order chi connectivity index (χ0) is 12.4. The fourth-order valence-electron chi connectivity index (χ4n) is 2.57. The molecule has 92 valence electrons. The average Bonchev–Trinajstić information content (AvgIpc) is 2.86. The van der Waals surface area contributed by atoms with E-state index in [-0.39, 0.29) is 0 Å². The first kappa shape index (κ1) is 11.3. The summed E-state index contributed by atoms with van der Waals surface area (Å²) in [6.45, 7) is 1.13. The highest BCUT2D eigenvalue weighted by molar-refractivity contribution is 5.60. The lowest BCUT2D eigenvalue weighted by Crippen LogP contribution is -2.19. The Morgan fingerprint density at radius 1 is 1.22 bits per heavy atom. The minimum Gasteiger partial charge on any atom is -0.298 e. The molecule has 3 rings (SSSR count). The van der Waals surface area contributed by atoms with Gasteiger partial charge in [0.25, 0.3) is 0 Å². The Morgan fingerprint density at radius 2 is 2.11 bits per heavy atom. The fourth-order valence-corrected chi connectivity index (χ4v) is 2.57. The third kappa shape index (κ3) is 1.99. The summed E-state index contributed by atoms with van der Waals surface area (Å²) in [7, 11) is 2.15. The highest BCUT2D eigenvalue weighted by Gasteiger charge is 2.26. The lowest BCUT2D eigenvalue weighted by Gasteiger charge is -2.20. The minimum absolute atomic E-state index is 0.383. The minimum atomic E-state index is 0.383. The molecule has 4 nitrogen and oxygen atoms in total. The molecule has 1 atom stereocenters. The summed E-state index contributed by atoms with van der Waals surface area (Å²) in [4.78, 5) is 15.6. The van der Waals surface area contributed by atoms with Crippen molar-refractivity contribution >= 4 is 0 Å². The van der Waals surface area contributed by atoms with Crippen molar-refractivity contribution in [3.63, 3.8) is 0 Å². The van der Waals surface area contributed by atoms with Crippen LogP contribution in [-0.2, 0) is 0 Å². The number of pyridine rings is 1. The van der Waals surface area contributed by atoms with Gasteiger partial charge in [-0.05, 0) is 38.6 Å². The van der Waals surface area contributed by atoms with E-state index < -0.39 is 0 Å². The molecule has 2 aromatic rings. The van der Waals surface area contributed by atoms with Crippen molar-refractivity contribution in [1.29, 1.82) is 0 Å². The van der Waals surface area contributed by atoms with Gasteiger partial charge in [-0.2, -0.15) is 0 Å². The van der Waals surface area contributed by atoms with Gasteiger partial charge in [-0.3, -0.25) is 19.9 Å². The van der Waals surface area contributed by atoms with Crippen molar-refractivity contribution in [2.45, 2.75) is 18.9 Å². The van der Waals surface area contributed by atoms with E-state index >= 15 is 0 Å². The summed E-state index contributed by atoms with van der Waals surface area (Å²) in [6, 6.07) is 4.36. The molecule has 0 aliphatic carbocycles. The second-order valence-electron chi connectivity index (χ2n) is 4.67. The predicted molar refractivity (Wildman–Crippen MR) is 69.9 cm³/mol. The first-order chi connectivity index (χ1) is 8.86. The molecule has 1 fully saturated rings. The molecule has 0 bridgehead atoms. The van der Waals surface area contributed by atoms with Crippen molar-refractivity contribution in [2.24, 2.45) is 0 Å². The van der Waals surface area contributed by atoms with Crippen LogP contribution in [0.25, 0.3) is 11.3 Å². The predicted octanol–water partition coefficient (Wildman–Crippen LogP) is 2.31. The van der Waals surface area contributed by atoms with Crippen LogP contribution in [0.3, 0.4) is 0 Å². The van der Waals surface area contributed by atoms with Crippen molar-refractivity contribution in [2.75, 3.05) is 13.6 Å². The molecule has 2 aromatic heterocycles. The van der Waals surface area contributed by atoms with Crippen LogP contribution in [0.2, 0.25) is 0 Å². The maximum atomic E-state index is 4.56. The summed E-state index contributed by atoms with van der Waals surface area (Å²) >= 11 is 0. The second-order valence-corrected chi connectivity index (χ2v) is 4.67. The topological polar surface area (TPSA) is 41.9 Å². The number of likely N-dealkylation sites (tertiary alicyclic amines) is 1. The van der Waals surface area contributed by atoms with E-state index in [1.807, 2.05) is 18.3 Å². The summed E-state index contributed by atoms with van der Waals surface area (Å²) in [5, 5.41) is 0. The standard InChI is InChI=1S/C14H16N4/c1-18-9-3-5-12(18)14-13(16-7-8-17-14)11-4-2-6-15-10-11/h2,4,6-8,10,12H,3,5,9H2,1H3/t12-/m1/s1. The molecule has 0 amide bonds. The third-order valence-electron chi connectivity index (χ3n) is 3.50. The van der Waals surface area contributed by atoms with Crippen molar-refractivity contribution in [3.8, 4) is 11.3 Å². The largest absolute Gasteiger partial charge is 0.298 e. The van der Waals surface area contributed by atoms with E-state index in [0.29, 0.717) is 6.04 Å². The molecule has 0 saturated carbocycles. The van der Waals surface area contributed by atoms with Crippen LogP contribution in [-0.4, -0.2) is 33.4 Å². The second kappa shape index (κ2) is 4.82. The smallest absolute Gasteiger partial charge is 0.0949 e. The van der Waals surface area contributed by atoms with Crippen LogP contribution >= 0.6 is 0 Å². The number of aromatic nitrogens is 3. The van der Waals surface area contributed by atoms with Crippen LogP contribution in [0.1, 0.15) is 24.6 Å². The molecular weight excluding hydrogens is 224 g/mol. The van der Waals surface area contributed by atoms with Crippen LogP contribution in [0.5, 0.6) is 0 Å². The molecule has 0 radical (unpaired) electrons. The molecule has 0 aromatic carbocycles. The highest BCUT2D eigenvalue weighted by atomic mass is 15.2. The summed E-state index contributed by atoms with van der Waals surface area (Å²) in [6.07, 6.45) is 9.54. The Morgan fingerprint density at radius 3 is 2.83 bits per heavy atom. The normalized spacial score (nSPS) is 20.2. The van der Waals surface area contributed by atoms with Crippen LogP contribution < -0.4 is 0 Å². The van der Waals surface area contributed by atoms with Gasteiger partial charge in [0.05, 0.1) is 17.4 Å². The SMILES string of the molecule is CN1CCC[C@@H]1c1nccnc1-c1cccnc1. The van der Waals surface area contributed by atoms with E-state index in [2.05, 4.69) is 26.9 Å². The van der Waals surface area contributed by atoms with Crippen LogP contribution in [0.4, 0.5) is 0 Å². The Bertz CT molecular complexity index is 526. The molecule has 3 heterocycles. The monoisotopic (exact) mass is 240 g/mol. The average molecular weight is 240 g/mol. The highest BCUT2D eigenvalue weighted by Crippen LogP contribution is 2.33. The number of hydrogen-bond donors (Lipinski definition) is 0. The van der Waals surface area contributed by atoms with Crippen LogP contribution in [0, 0.1) is 0 Å².